The van der Waals surface area contributed by atoms with Gasteiger partial charge in [0, 0.05) is 13.0 Å². The molecule has 1 amide bonds. The predicted molar refractivity (Wildman–Crippen MR) is 73.2 cm³/mol. The minimum absolute atomic E-state index is 0.00748. The Balaban J connectivity index is 1.93. The second-order valence-electron chi connectivity index (χ2n) is 5.29. The van der Waals surface area contributed by atoms with Crippen LogP contribution in [0.2, 0.25) is 0 Å². The van der Waals surface area contributed by atoms with Crippen molar-refractivity contribution in [1.29, 1.82) is 0 Å². The number of unbranched alkanes of at least 4 members (excludes halogenated alkanes) is 1. The molecule has 0 saturated carbocycles. The molecular formula is C14H22N2O4. The van der Waals surface area contributed by atoms with Crippen LogP contribution in [-0.4, -0.2) is 48.3 Å². The molecule has 6 heteroatoms. The average Bonchev–Trinajstić information content (AvgIpc) is 3.12. The third-order valence-corrected chi connectivity index (χ3v) is 3.85. The first kappa shape index (κ1) is 14.8. The van der Waals surface area contributed by atoms with Gasteiger partial charge in [-0.05, 0) is 25.7 Å². The Kier molecular flexibility index (Phi) is 4.98. The Hall–Kier alpha value is -1.59. The van der Waals surface area contributed by atoms with Gasteiger partial charge in [0.1, 0.15) is 17.9 Å². The lowest BCUT2D eigenvalue weighted by Gasteiger charge is -2.22. The molecule has 6 nitrogen and oxygen atoms in total. The number of oxime groups is 1. The van der Waals surface area contributed by atoms with Gasteiger partial charge in [-0.1, -0.05) is 18.5 Å². The summed E-state index contributed by atoms with van der Waals surface area (Å²) in [5, 5.41) is 3.91. The first-order chi connectivity index (χ1) is 9.67. The number of hydrogen-bond acceptors (Lipinski definition) is 5. The molecule has 0 aromatic rings. The van der Waals surface area contributed by atoms with Crippen LogP contribution in [0.1, 0.15) is 45.4 Å². The van der Waals surface area contributed by atoms with E-state index in [0.29, 0.717) is 25.1 Å². The molecule has 0 spiro atoms. The lowest BCUT2D eigenvalue weighted by Crippen LogP contribution is -2.44. The fourth-order valence-electron chi connectivity index (χ4n) is 2.70. The van der Waals surface area contributed by atoms with E-state index in [1.54, 1.807) is 4.90 Å². The predicted octanol–water partition coefficient (Wildman–Crippen LogP) is 1.49. The van der Waals surface area contributed by atoms with Crippen molar-refractivity contribution in [3.8, 4) is 0 Å². The number of hydrogen-bond donors (Lipinski definition) is 0. The van der Waals surface area contributed by atoms with E-state index in [9.17, 15) is 9.59 Å². The van der Waals surface area contributed by atoms with Crippen molar-refractivity contribution < 1.29 is 19.2 Å². The third-order valence-electron chi connectivity index (χ3n) is 3.85. The van der Waals surface area contributed by atoms with Gasteiger partial charge in [0.15, 0.2) is 0 Å². The Labute approximate surface area is 119 Å². The van der Waals surface area contributed by atoms with Crippen LogP contribution in [0.15, 0.2) is 5.16 Å². The van der Waals surface area contributed by atoms with Gasteiger partial charge in [-0.25, -0.2) is 4.79 Å². The van der Waals surface area contributed by atoms with Crippen molar-refractivity contribution in [2.45, 2.75) is 57.6 Å². The van der Waals surface area contributed by atoms with Crippen molar-refractivity contribution in [3.63, 3.8) is 0 Å². The zero-order valence-electron chi connectivity index (χ0n) is 12.1. The fraction of sp³-hybridized carbons (Fsp3) is 0.786. The van der Waals surface area contributed by atoms with Crippen LogP contribution in [0.25, 0.3) is 0 Å². The van der Waals surface area contributed by atoms with Gasteiger partial charge >= 0.3 is 5.97 Å². The summed E-state index contributed by atoms with van der Waals surface area (Å²) in [5.41, 5.74) is 0.432. The second-order valence-corrected chi connectivity index (χ2v) is 5.29. The minimum Gasteiger partial charge on any atom is -0.467 e. The van der Waals surface area contributed by atoms with Gasteiger partial charge in [0.2, 0.25) is 0 Å². The number of ether oxygens (including phenoxy) is 1. The Morgan fingerprint density at radius 2 is 2.30 bits per heavy atom. The summed E-state index contributed by atoms with van der Waals surface area (Å²) in [7, 11) is 1.35. The molecule has 2 heterocycles. The molecule has 0 bridgehead atoms. The molecule has 0 radical (unpaired) electrons. The van der Waals surface area contributed by atoms with Crippen molar-refractivity contribution in [3.05, 3.63) is 0 Å². The highest BCUT2D eigenvalue weighted by Gasteiger charge is 2.38. The molecule has 112 valence electrons. The molecule has 0 N–H and O–H groups in total. The van der Waals surface area contributed by atoms with Gasteiger partial charge in [-0.2, -0.15) is 0 Å². The largest absolute Gasteiger partial charge is 0.467 e. The van der Waals surface area contributed by atoms with Crippen LogP contribution in [-0.2, 0) is 19.2 Å². The number of carbonyl (C=O) groups excluding carboxylic acids is 2. The van der Waals surface area contributed by atoms with Crippen molar-refractivity contribution in [1.82, 2.24) is 4.90 Å². The van der Waals surface area contributed by atoms with Crippen LogP contribution in [0.3, 0.4) is 0 Å². The topological polar surface area (TPSA) is 68.2 Å². The average molecular weight is 282 g/mol. The van der Waals surface area contributed by atoms with E-state index < -0.39 is 6.04 Å². The monoisotopic (exact) mass is 282 g/mol. The molecule has 2 aliphatic rings. The molecule has 0 aliphatic carbocycles. The number of amides is 1. The van der Waals surface area contributed by atoms with Crippen molar-refractivity contribution >= 4 is 17.6 Å². The zero-order chi connectivity index (χ0) is 14.5. The van der Waals surface area contributed by atoms with Gasteiger partial charge in [-0.15, -0.1) is 0 Å². The molecule has 1 saturated heterocycles. The van der Waals surface area contributed by atoms with E-state index in [0.717, 1.165) is 25.7 Å². The number of carbonyl (C=O) groups is 2. The highest BCUT2D eigenvalue weighted by Crippen LogP contribution is 2.23. The smallest absolute Gasteiger partial charge is 0.328 e. The standard InChI is InChI=1S/C14H22N2O4/c1-3-4-6-10-9-11(15-20-10)13(17)16-8-5-7-12(16)14(18)19-2/h10,12H,3-9H2,1-2H3/t10-,12-/m0/s1. The molecule has 0 aromatic heterocycles. The first-order valence-corrected chi connectivity index (χ1v) is 7.28. The number of nitrogens with zero attached hydrogens (tertiary/aromatic N) is 2. The summed E-state index contributed by atoms with van der Waals surface area (Å²) in [6.45, 7) is 2.70. The maximum atomic E-state index is 12.4. The third kappa shape index (κ3) is 3.11. The van der Waals surface area contributed by atoms with Crippen LogP contribution in [0.4, 0.5) is 0 Å². The normalized spacial score (nSPS) is 25.3. The summed E-state index contributed by atoms with van der Waals surface area (Å²) in [6.07, 6.45) is 5.11. The number of methoxy groups -OCH3 is 1. The van der Waals surface area contributed by atoms with E-state index in [1.165, 1.54) is 7.11 Å². The fourth-order valence-corrected chi connectivity index (χ4v) is 2.70. The van der Waals surface area contributed by atoms with Crippen LogP contribution < -0.4 is 0 Å². The van der Waals surface area contributed by atoms with E-state index in [1.807, 2.05) is 0 Å². The maximum Gasteiger partial charge on any atom is 0.328 e. The highest BCUT2D eigenvalue weighted by molar-refractivity contribution is 6.39. The van der Waals surface area contributed by atoms with Crippen LogP contribution in [0.5, 0.6) is 0 Å². The Morgan fingerprint density at radius 3 is 3.00 bits per heavy atom. The van der Waals surface area contributed by atoms with E-state index >= 15 is 0 Å². The molecule has 2 rings (SSSR count). The summed E-state index contributed by atoms with van der Waals surface area (Å²) >= 11 is 0. The molecule has 0 unspecified atom stereocenters. The molecule has 2 atom stereocenters. The number of rotatable bonds is 5. The van der Waals surface area contributed by atoms with Crippen LogP contribution in [0, 0.1) is 0 Å². The summed E-state index contributed by atoms with van der Waals surface area (Å²) < 4.78 is 4.75. The maximum absolute atomic E-state index is 12.4. The Morgan fingerprint density at radius 1 is 1.50 bits per heavy atom. The van der Waals surface area contributed by atoms with E-state index in [2.05, 4.69) is 12.1 Å². The molecule has 20 heavy (non-hydrogen) atoms. The molecule has 2 aliphatic heterocycles. The lowest BCUT2D eigenvalue weighted by molar-refractivity contribution is -0.149. The zero-order valence-corrected chi connectivity index (χ0v) is 12.1. The SMILES string of the molecule is CCCC[C@H]1CC(C(=O)N2CCC[C@H]2C(=O)OC)=NO1. The summed E-state index contributed by atoms with van der Waals surface area (Å²) in [6, 6.07) is -0.468. The molecule has 1 fully saturated rings. The lowest BCUT2D eigenvalue weighted by atomic mass is 10.1. The van der Waals surface area contributed by atoms with E-state index in [-0.39, 0.29) is 18.0 Å². The van der Waals surface area contributed by atoms with Gasteiger partial charge in [-0.3, -0.25) is 4.79 Å². The van der Waals surface area contributed by atoms with Gasteiger partial charge in [0.05, 0.1) is 7.11 Å². The van der Waals surface area contributed by atoms with Gasteiger partial charge in [0.25, 0.3) is 5.91 Å². The quantitative estimate of drug-likeness (QED) is 0.716. The highest BCUT2D eigenvalue weighted by atomic mass is 16.6. The van der Waals surface area contributed by atoms with Crippen molar-refractivity contribution in [2.75, 3.05) is 13.7 Å². The molecular weight excluding hydrogens is 260 g/mol. The van der Waals surface area contributed by atoms with Crippen LogP contribution >= 0.6 is 0 Å². The molecule has 0 aromatic carbocycles. The van der Waals surface area contributed by atoms with Gasteiger partial charge < -0.3 is 14.5 Å². The number of esters is 1. The minimum atomic E-state index is -0.468. The summed E-state index contributed by atoms with van der Waals surface area (Å²) in [4.78, 5) is 30.9. The van der Waals surface area contributed by atoms with E-state index in [4.69, 9.17) is 9.57 Å². The van der Waals surface area contributed by atoms with Crippen molar-refractivity contribution in [2.24, 2.45) is 5.16 Å². The number of likely N-dealkylation sites (tertiary alicyclic amines) is 1. The Bertz CT molecular complexity index is 408. The summed E-state index contributed by atoms with van der Waals surface area (Å²) in [5.74, 6) is -0.533. The first-order valence-electron chi connectivity index (χ1n) is 7.28. The second kappa shape index (κ2) is 6.72.